The molecule has 2 rings (SSSR count). The van der Waals surface area contributed by atoms with Gasteiger partial charge in [-0.15, -0.1) is 0 Å². The van der Waals surface area contributed by atoms with E-state index in [0.717, 1.165) is 31.9 Å². The van der Waals surface area contributed by atoms with Crippen LogP contribution in [0.15, 0.2) is 24.3 Å². The Hall–Kier alpha value is -1.73. The van der Waals surface area contributed by atoms with E-state index in [1.165, 1.54) is 10.6 Å². The van der Waals surface area contributed by atoms with Gasteiger partial charge in [0.15, 0.2) is 6.04 Å². The third kappa shape index (κ3) is 2.74. The minimum atomic E-state index is 0.0949. The van der Waals surface area contributed by atoms with Crippen molar-refractivity contribution < 1.29 is 9.64 Å². The lowest BCUT2D eigenvalue weighted by Gasteiger charge is -2.34. The van der Waals surface area contributed by atoms with Crippen LogP contribution < -0.4 is 14.5 Å². The molecule has 1 saturated heterocycles. The zero-order valence-corrected chi connectivity index (χ0v) is 11.0. The predicted octanol–water partition coefficient (Wildman–Crippen LogP) is 0.312. The second-order valence-corrected chi connectivity index (χ2v) is 4.70. The van der Waals surface area contributed by atoms with Crippen molar-refractivity contribution >= 4 is 5.69 Å². The van der Waals surface area contributed by atoms with Crippen molar-refractivity contribution in [2.75, 3.05) is 38.2 Å². The summed E-state index contributed by atoms with van der Waals surface area (Å²) in [5, 5.41) is 8.94. The van der Waals surface area contributed by atoms with Gasteiger partial charge in [-0.1, -0.05) is 6.07 Å². The first kappa shape index (κ1) is 12.7. The molecule has 0 aromatic heterocycles. The summed E-state index contributed by atoms with van der Waals surface area (Å²) in [5.41, 5.74) is 1.21. The van der Waals surface area contributed by atoms with Gasteiger partial charge in [0.1, 0.15) is 11.8 Å². The lowest BCUT2D eigenvalue weighted by atomic mass is 10.2. The normalized spacial score (nSPS) is 18.2. The third-order valence-corrected chi connectivity index (χ3v) is 3.63. The fraction of sp³-hybridized carbons (Fsp3) is 0.500. The van der Waals surface area contributed by atoms with Crippen LogP contribution in [0, 0.1) is 11.3 Å². The maximum Gasteiger partial charge on any atom is 0.172 e. The number of methoxy groups -OCH3 is 1. The molecule has 1 aliphatic heterocycles. The number of rotatable bonds is 3. The van der Waals surface area contributed by atoms with Crippen molar-refractivity contribution in [2.24, 2.45) is 0 Å². The number of quaternary nitrogens is 1. The van der Waals surface area contributed by atoms with Gasteiger partial charge in [0.2, 0.25) is 0 Å². The Morgan fingerprint density at radius 1 is 1.39 bits per heavy atom. The van der Waals surface area contributed by atoms with Crippen LogP contribution in [-0.2, 0) is 0 Å². The summed E-state index contributed by atoms with van der Waals surface area (Å²) in [5.74, 6) is 0.896. The van der Waals surface area contributed by atoms with Crippen LogP contribution >= 0.6 is 0 Å². The summed E-state index contributed by atoms with van der Waals surface area (Å²) < 4.78 is 5.25. The standard InChI is InChI=1S/C14H19N3O/c1-12(11-15)16-6-8-17(9-7-16)13-4-3-5-14(10-13)18-2/h3-5,10,12H,6-9H2,1-2H3/p+1/t12-/m1/s1. The molecular formula is C14H20N3O+. The van der Waals surface area contributed by atoms with Gasteiger partial charge in [-0.05, 0) is 12.1 Å². The summed E-state index contributed by atoms with van der Waals surface area (Å²) in [7, 11) is 1.69. The topological polar surface area (TPSA) is 40.7 Å². The van der Waals surface area contributed by atoms with E-state index in [2.05, 4.69) is 23.1 Å². The second-order valence-electron chi connectivity index (χ2n) is 4.70. The molecule has 0 bridgehead atoms. The average molecular weight is 246 g/mol. The molecule has 0 spiro atoms. The largest absolute Gasteiger partial charge is 0.497 e. The van der Waals surface area contributed by atoms with Gasteiger partial charge in [0, 0.05) is 18.7 Å². The van der Waals surface area contributed by atoms with E-state index in [0.29, 0.717) is 0 Å². The molecule has 96 valence electrons. The maximum absolute atomic E-state index is 8.94. The molecule has 0 saturated carbocycles. The minimum Gasteiger partial charge on any atom is -0.497 e. The Balaban J connectivity index is 1.99. The lowest BCUT2D eigenvalue weighted by molar-refractivity contribution is -0.915. The monoisotopic (exact) mass is 246 g/mol. The van der Waals surface area contributed by atoms with Gasteiger partial charge in [-0.2, -0.15) is 5.26 Å². The number of piperazine rings is 1. The van der Waals surface area contributed by atoms with E-state index in [4.69, 9.17) is 10.00 Å². The van der Waals surface area contributed by atoms with Crippen molar-refractivity contribution in [1.29, 1.82) is 5.26 Å². The van der Waals surface area contributed by atoms with Crippen molar-refractivity contribution in [3.8, 4) is 11.8 Å². The van der Waals surface area contributed by atoms with E-state index >= 15 is 0 Å². The molecule has 1 atom stereocenters. The molecule has 0 radical (unpaired) electrons. The number of anilines is 1. The van der Waals surface area contributed by atoms with E-state index < -0.39 is 0 Å². The highest BCUT2D eigenvalue weighted by Gasteiger charge is 2.24. The van der Waals surface area contributed by atoms with Crippen LogP contribution in [0.3, 0.4) is 0 Å². The number of hydrogen-bond donors (Lipinski definition) is 1. The predicted molar refractivity (Wildman–Crippen MR) is 71.0 cm³/mol. The van der Waals surface area contributed by atoms with Crippen LogP contribution in [0.4, 0.5) is 5.69 Å². The molecule has 0 unspecified atom stereocenters. The highest BCUT2D eigenvalue weighted by atomic mass is 16.5. The van der Waals surface area contributed by atoms with Crippen LogP contribution in [0.1, 0.15) is 6.92 Å². The van der Waals surface area contributed by atoms with Crippen molar-refractivity contribution in [2.45, 2.75) is 13.0 Å². The Labute approximate surface area is 108 Å². The van der Waals surface area contributed by atoms with Gasteiger partial charge in [-0.3, -0.25) is 0 Å². The Kier molecular flexibility index (Phi) is 4.06. The Morgan fingerprint density at radius 3 is 2.72 bits per heavy atom. The van der Waals surface area contributed by atoms with Gasteiger partial charge < -0.3 is 14.5 Å². The second kappa shape index (κ2) is 5.74. The van der Waals surface area contributed by atoms with Crippen molar-refractivity contribution in [1.82, 2.24) is 0 Å². The van der Waals surface area contributed by atoms with E-state index in [-0.39, 0.29) is 6.04 Å². The average Bonchev–Trinajstić information content (AvgIpc) is 2.46. The molecule has 1 fully saturated rings. The van der Waals surface area contributed by atoms with Gasteiger partial charge in [0.05, 0.1) is 33.3 Å². The van der Waals surface area contributed by atoms with Crippen molar-refractivity contribution in [3.63, 3.8) is 0 Å². The van der Waals surface area contributed by atoms with E-state index in [1.807, 2.05) is 19.1 Å². The Bertz CT molecular complexity index is 433. The van der Waals surface area contributed by atoms with Crippen LogP contribution in [-0.4, -0.2) is 39.3 Å². The molecule has 18 heavy (non-hydrogen) atoms. The summed E-state index contributed by atoms with van der Waals surface area (Å²) in [6.07, 6.45) is 0. The molecule has 0 aliphatic carbocycles. The molecule has 1 aromatic rings. The first-order chi connectivity index (χ1) is 8.74. The molecule has 1 aromatic carbocycles. The summed E-state index contributed by atoms with van der Waals surface area (Å²) in [4.78, 5) is 3.74. The minimum absolute atomic E-state index is 0.0949. The van der Waals surface area contributed by atoms with Crippen LogP contribution in [0.2, 0.25) is 0 Å². The number of nitrogens with zero attached hydrogens (tertiary/aromatic N) is 2. The smallest absolute Gasteiger partial charge is 0.172 e. The number of nitriles is 1. The zero-order valence-electron chi connectivity index (χ0n) is 11.0. The quantitative estimate of drug-likeness (QED) is 0.834. The van der Waals surface area contributed by atoms with E-state index in [9.17, 15) is 0 Å². The van der Waals surface area contributed by atoms with Gasteiger partial charge >= 0.3 is 0 Å². The number of ether oxygens (including phenoxy) is 1. The fourth-order valence-corrected chi connectivity index (χ4v) is 2.38. The fourth-order valence-electron chi connectivity index (χ4n) is 2.38. The lowest BCUT2D eigenvalue weighted by Crippen LogP contribution is -3.17. The first-order valence-corrected chi connectivity index (χ1v) is 6.38. The third-order valence-electron chi connectivity index (χ3n) is 3.63. The molecule has 1 heterocycles. The summed E-state index contributed by atoms with van der Waals surface area (Å²) in [6, 6.07) is 10.6. The van der Waals surface area contributed by atoms with E-state index in [1.54, 1.807) is 7.11 Å². The van der Waals surface area contributed by atoms with Crippen LogP contribution in [0.25, 0.3) is 0 Å². The highest BCUT2D eigenvalue weighted by Crippen LogP contribution is 2.20. The summed E-state index contributed by atoms with van der Waals surface area (Å²) >= 11 is 0. The SMILES string of the molecule is COc1cccc(N2CC[NH+]([C@H](C)C#N)CC2)c1. The van der Waals surface area contributed by atoms with Gasteiger partial charge in [0.25, 0.3) is 0 Å². The zero-order chi connectivity index (χ0) is 13.0. The summed E-state index contributed by atoms with van der Waals surface area (Å²) in [6.45, 7) is 6.03. The first-order valence-electron chi connectivity index (χ1n) is 6.38. The highest BCUT2D eigenvalue weighted by molar-refractivity contribution is 5.50. The maximum atomic E-state index is 8.94. The Morgan fingerprint density at radius 2 is 2.11 bits per heavy atom. The molecular weight excluding hydrogens is 226 g/mol. The molecule has 4 nitrogen and oxygen atoms in total. The van der Waals surface area contributed by atoms with Crippen LogP contribution in [0.5, 0.6) is 5.75 Å². The van der Waals surface area contributed by atoms with Crippen molar-refractivity contribution in [3.05, 3.63) is 24.3 Å². The number of nitrogens with one attached hydrogen (secondary N) is 1. The van der Waals surface area contributed by atoms with Gasteiger partial charge in [-0.25, -0.2) is 0 Å². The molecule has 4 heteroatoms. The molecule has 1 aliphatic rings. The number of hydrogen-bond acceptors (Lipinski definition) is 3. The number of benzene rings is 1. The molecule has 0 amide bonds. The molecule has 1 N–H and O–H groups in total.